The molecule has 2 nitrogen and oxygen atoms in total. The highest BCUT2D eigenvalue weighted by Crippen LogP contribution is 2.16. The number of aryl methyl sites for hydroxylation is 1. The topological polar surface area (TPSA) is 35.8 Å². The maximum absolute atomic E-state index is 8.82. The Kier molecular flexibility index (Phi) is 5.42. The Balaban J connectivity index is 2.44. The van der Waals surface area contributed by atoms with E-state index < -0.39 is 0 Å². The predicted molar refractivity (Wildman–Crippen MR) is 68.5 cm³/mol. The first-order valence-corrected chi connectivity index (χ1v) is 6.02. The van der Waals surface area contributed by atoms with Crippen LogP contribution in [0.3, 0.4) is 0 Å². The molecule has 0 radical (unpaired) electrons. The lowest BCUT2D eigenvalue weighted by atomic mass is 10.1. The second-order valence-corrected chi connectivity index (χ2v) is 4.13. The Labute approximate surface area is 98.3 Å². The molecular weight excluding hydrogens is 196 g/mol. The molecule has 0 aliphatic carbocycles. The molecule has 1 rings (SSSR count). The summed E-state index contributed by atoms with van der Waals surface area (Å²) >= 11 is 0. The highest BCUT2D eigenvalue weighted by Gasteiger charge is 1.99. The van der Waals surface area contributed by atoms with Gasteiger partial charge in [0.15, 0.2) is 0 Å². The maximum atomic E-state index is 8.82. The molecule has 1 aromatic rings. The van der Waals surface area contributed by atoms with Crippen LogP contribution in [0.15, 0.2) is 18.2 Å². The molecule has 0 aliphatic heterocycles. The molecule has 0 heterocycles. The average Bonchev–Trinajstić information content (AvgIpc) is 2.31. The van der Waals surface area contributed by atoms with Crippen LogP contribution in [0.4, 0.5) is 5.69 Å². The molecule has 0 fully saturated rings. The summed E-state index contributed by atoms with van der Waals surface area (Å²) in [6.45, 7) is 5.28. The molecule has 0 spiro atoms. The van der Waals surface area contributed by atoms with E-state index in [0.29, 0.717) is 0 Å². The first-order chi connectivity index (χ1) is 7.77. The molecule has 2 heteroatoms. The Morgan fingerprint density at radius 3 is 2.75 bits per heavy atom. The molecule has 0 atom stereocenters. The van der Waals surface area contributed by atoms with Crippen molar-refractivity contribution in [3.63, 3.8) is 0 Å². The minimum absolute atomic E-state index is 0.724. The summed E-state index contributed by atoms with van der Waals surface area (Å²) in [5.41, 5.74) is 3.02. The fraction of sp³-hybridized carbons (Fsp3) is 0.500. The lowest BCUT2D eigenvalue weighted by molar-refractivity contribution is 0.685. The Hall–Kier alpha value is -1.49. The number of benzene rings is 1. The van der Waals surface area contributed by atoms with E-state index in [4.69, 9.17) is 5.26 Å². The third-order valence-corrected chi connectivity index (χ3v) is 2.71. The molecule has 1 N–H and O–H groups in total. The zero-order valence-electron chi connectivity index (χ0n) is 10.2. The average molecular weight is 216 g/mol. The number of unbranched alkanes of at least 4 members (excludes halogenated alkanes) is 3. The second-order valence-electron chi connectivity index (χ2n) is 4.13. The minimum Gasteiger partial charge on any atom is -0.385 e. The summed E-state index contributed by atoms with van der Waals surface area (Å²) < 4.78 is 0. The largest absolute Gasteiger partial charge is 0.385 e. The Bertz CT molecular complexity index is 363. The summed E-state index contributed by atoms with van der Waals surface area (Å²) in [7, 11) is 0. The van der Waals surface area contributed by atoms with Gasteiger partial charge in [-0.15, -0.1) is 0 Å². The van der Waals surface area contributed by atoms with Gasteiger partial charge in [0.2, 0.25) is 0 Å². The molecule has 0 saturated heterocycles. The normalized spacial score (nSPS) is 9.81. The van der Waals surface area contributed by atoms with Gasteiger partial charge < -0.3 is 5.32 Å². The van der Waals surface area contributed by atoms with Crippen molar-refractivity contribution in [2.45, 2.75) is 39.5 Å². The summed E-state index contributed by atoms with van der Waals surface area (Å²) in [4.78, 5) is 0. The molecule has 16 heavy (non-hydrogen) atoms. The van der Waals surface area contributed by atoms with E-state index >= 15 is 0 Å². The maximum Gasteiger partial charge on any atom is 0.0992 e. The van der Waals surface area contributed by atoms with Crippen LogP contribution in [-0.2, 0) is 0 Å². The standard InChI is InChI=1S/C14H20N2/c1-3-4-5-6-9-16-14-10-13(11-15)8-7-12(14)2/h7-8,10,16H,3-6,9H2,1-2H3. The first-order valence-electron chi connectivity index (χ1n) is 6.02. The fourth-order valence-electron chi connectivity index (χ4n) is 1.66. The number of rotatable bonds is 6. The zero-order valence-corrected chi connectivity index (χ0v) is 10.2. The van der Waals surface area contributed by atoms with Crippen LogP contribution < -0.4 is 5.32 Å². The Morgan fingerprint density at radius 1 is 1.25 bits per heavy atom. The Morgan fingerprint density at radius 2 is 2.06 bits per heavy atom. The van der Waals surface area contributed by atoms with Gasteiger partial charge in [-0.25, -0.2) is 0 Å². The summed E-state index contributed by atoms with van der Waals surface area (Å²) in [6.07, 6.45) is 5.05. The van der Waals surface area contributed by atoms with Crippen molar-refractivity contribution in [3.8, 4) is 6.07 Å². The fourth-order valence-corrected chi connectivity index (χ4v) is 1.66. The quantitative estimate of drug-likeness (QED) is 0.733. The molecule has 1 aromatic carbocycles. The van der Waals surface area contributed by atoms with E-state index in [1.807, 2.05) is 18.2 Å². The van der Waals surface area contributed by atoms with Gasteiger partial charge in [0.1, 0.15) is 0 Å². The van der Waals surface area contributed by atoms with Crippen LogP contribution in [0.25, 0.3) is 0 Å². The van der Waals surface area contributed by atoms with E-state index in [2.05, 4.69) is 25.2 Å². The predicted octanol–water partition coefficient (Wildman–Crippen LogP) is 3.86. The van der Waals surface area contributed by atoms with Gasteiger partial charge in [0, 0.05) is 12.2 Å². The van der Waals surface area contributed by atoms with Crippen molar-refractivity contribution in [3.05, 3.63) is 29.3 Å². The van der Waals surface area contributed by atoms with Gasteiger partial charge in [-0.05, 0) is 31.0 Å². The first kappa shape index (κ1) is 12.6. The highest BCUT2D eigenvalue weighted by molar-refractivity contribution is 5.55. The SMILES string of the molecule is CCCCCCNc1cc(C#N)ccc1C. The van der Waals surface area contributed by atoms with Gasteiger partial charge in [-0.1, -0.05) is 32.3 Å². The van der Waals surface area contributed by atoms with E-state index in [9.17, 15) is 0 Å². The van der Waals surface area contributed by atoms with Crippen LogP contribution in [0, 0.1) is 18.3 Å². The number of nitriles is 1. The molecule has 0 unspecified atom stereocenters. The van der Waals surface area contributed by atoms with Gasteiger partial charge in [0.25, 0.3) is 0 Å². The van der Waals surface area contributed by atoms with E-state index in [-0.39, 0.29) is 0 Å². The smallest absolute Gasteiger partial charge is 0.0992 e. The zero-order chi connectivity index (χ0) is 11.8. The van der Waals surface area contributed by atoms with Gasteiger partial charge in [-0.3, -0.25) is 0 Å². The third-order valence-electron chi connectivity index (χ3n) is 2.71. The summed E-state index contributed by atoms with van der Waals surface area (Å²) in [6, 6.07) is 7.94. The van der Waals surface area contributed by atoms with Crippen LogP contribution in [0.1, 0.15) is 43.7 Å². The van der Waals surface area contributed by atoms with Crippen LogP contribution in [0.2, 0.25) is 0 Å². The van der Waals surface area contributed by atoms with Crippen molar-refractivity contribution in [2.75, 3.05) is 11.9 Å². The van der Waals surface area contributed by atoms with Crippen LogP contribution in [-0.4, -0.2) is 6.54 Å². The number of hydrogen-bond acceptors (Lipinski definition) is 2. The highest BCUT2D eigenvalue weighted by atomic mass is 14.9. The second kappa shape index (κ2) is 6.90. The molecule has 0 aliphatic rings. The number of nitrogens with one attached hydrogen (secondary N) is 1. The van der Waals surface area contributed by atoms with Crippen molar-refractivity contribution in [1.29, 1.82) is 5.26 Å². The van der Waals surface area contributed by atoms with Crippen molar-refractivity contribution >= 4 is 5.69 Å². The monoisotopic (exact) mass is 216 g/mol. The molecule has 0 amide bonds. The molecule has 0 saturated carbocycles. The van der Waals surface area contributed by atoms with Crippen molar-refractivity contribution < 1.29 is 0 Å². The van der Waals surface area contributed by atoms with Crippen molar-refractivity contribution in [2.24, 2.45) is 0 Å². The molecular formula is C14H20N2. The third kappa shape index (κ3) is 3.94. The molecule has 86 valence electrons. The van der Waals surface area contributed by atoms with E-state index in [1.54, 1.807) is 0 Å². The lowest BCUT2D eigenvalue weighted by Crippen LogP contribution is -2.03. The van der Waals surface area contributed by atoms with Crippen LogP contribution >= 0.6 is 0 Å². The lowest BCUT2D eigenvalue weighted by Gasteiger charge is -2.09. The summed E-state index contributed by atoms with van der Waals surface area (Å²) in [5, 5.41) is 12.2. The van der Waals surface area contributed by atoms with E-state index in [0.717, 1.165) is 17.8 Å². The van der Waals surface area contributed by atoms with Gasteiger partial charge in [0.05, 0.1) is 11.6 Å². The number of nitrogens with zero attached hydrogens (tertiary/aromatic N) is 1. The summed E-state index contributed by atoms with van der Waals surface area (Å²) in [5.74, 6) is 0. The molecule has 0 bridgehead atoms. The number of hydrogen-bond donors (Lipinski definition) is 1. The van der Waals surface area contributed by atoms with Crippen LogP contribution in [0.5, 0.6) is 0 Å². The molecule has 0 aromatic heterocycles. The van der Waals surface area contributed by atoms with Gasteiger partial charge in [-0.2, -0.15) is 5.26 Å². The number of anilines is 1. The van der Waals surface area contributed by atoms with E-state index in [1.165, 1.54) is 31.2 Å². The minimum atomic E-state index is 0.724. The van der Waals surface area contributed by atoms with Gasteiger partial charge >= 0.3 is 0 Å². The van der Waals surface area contributed by atoms with Crippen molar-refractivity contribution in [1.82, 2.24) is 0 Å².